The third-order valence-electron chi connectivity index (χ3n) is 5.51. The van der Waals surface area contributed by atoms with Gasteiger partial charge in [-0.3, -0.25) is 0 Å². The van der Waals surface area contributed by atoms with Gasteiger partial charge in [0.15, 0.2) is 0 Å². The molecule has 0 spiro atoms. The Balaban J connectivity index is 0. The van der Waals surface area contributed by atoms with Crippen LogP contribution in [0.15, 0.2) is 91.0 Å². The molecule has 0 saturated carbocycles. The molecular weight excluding hydrogens is 432 g/mol. The molecule has 0 radical (unpaired) electrons. The predicted molar refractivity (Wildman–Crippen MR) is 167 cm³/mol. The number of aryl methyl sites for hydroxylation is 1. The highest BCUT2D eigenvalue weighted by molar-refractivity contribution is 5.22. The third kappa shape index (κ3) is 18.0. The zero-order valence-electron chi connectivity index (χ0n) is 24.8. The van der Waals surface area contributed by atoms with Crippen LogP contribution in [-0.2, 0) is 17.3 Å². The summed E-state index contributed by atoms with van der Waals surface area (Å²) in [6, 6.07) is 31.8. The van der Waals surface area contributed by atoms with Gasteiger partial charge in [0.2, 0.25) is 0 Å². The standard InChI is InChI=1S/C13H20.2C10H14.C2H6.CH4/c1-13(2,3)11-7-10-12-8-5-4-6-9-12;2*1-10(2,3)9-7-5-4-6-8-9;1-2;/h4-6,8-9H,7,10-11H2,1-3H3;2*4-8H,1-3H3;1-2H3;1H4. The van der Waals surface area contributed by atoms with E-state index in [0.717, 1.165) is 0 Å². The molecule has 0 amide bonds. The van der Waals surface area contributed by atoms with E-state index in [1.807, 2.05) is 13.8 Å². The molecule has 0 saturated heterocycles. The van der Waals surface area contributed by atoms with Crippen molar-refractivity contribution in [1.29, 1.82) is 0 Å². The van der Waals surface area contributed by atoms with Crippen molar-refractivity contribution in [3.8, 4) is 0 Å². The quantitative estimate of drug-likeness (QED) is 0.342. The van der Waals surface area contributed by atoms with Crippen molar-refractivity contribution in [2.45, 2.75) is 114 Å². The van der Waals surface area contributed by atoms with Gasteiger partial charge in [0.25, 0.3) is 0 Å². The fourth-order valence-electron chi connectivity index (χ4n) is 3.34. The Bertz CT molecular complexity index is 805. The Hall–Kier alpha value is -2.34. The van der Waals surface area contributed by atoms with Crippen molar-refractivity contribution < 1.29 is 0 Å². The van der Waals surface area contributed by atoms with Gasteiger partial charge in [-0.1, -0.05) is 175 Å². The Labute approximate surface area is 226 Å². The molecular formula is C36H58. The second kappa shape index (κ2) is 18.0. The topological polar surface area (TPSA) is 0 Å². The molecule has 36 heavy (non-hydrogen) atoms. The van der Waals surface area contributed by atoms with Crippen LogP contribution < -0.4 is 0 Å². The molecule has 202 valence electrons. The molecule has 0 N–H and O–H groups in total. The Morgan fingerprint density at radius 3 is 1.03 bits per heavy atom. The minimum atomic E-state index is 0. The molecule has 0 bridgehead atoms. The van der Waals surface area contributed by atoms with Crippen LogP contribution >= 0.6 is 0 Å². The first kappa shape index (κ1) is 35.8. The van der Waals surface area contributed by atoms with Crippen LogP contribution in [0.1, 0.15) is 113 Å². The Morgan fingerprint density at radius 2 is 0.778 bits per heavy atom. The van der Waals surface area contributed by atoms with Crippen LogP contribution in [0.5, 0.6) is 0 Å². The van der Waals surface area contributed by atoms with Gasteiger partial charge >= 0.3 is 0 Å². The molecule has 0 fully saturated rings. The molecule has 3 aromatic rings. The van der Waals surface area contributed by atoms with Crippen LogP contribution in [-0.4, -0.2) is 0 Å². The highest BCUT2D eigenvalue weighted by atomic mass is 14.2. The van der Waals surface area contributed by atoms with Crippen LogP contribution in [0, 0.1) is 5.41 Å². The molecule has 0 aliphatic heterocycles. The molecule has 0 heteroatoms. The Morgan fingerprint density at radius 1 is 0.472 bits per heavy atom. The van der Waals surface area contributed by atoms with Gasteiger partial charge in [-0.25, -0.2) is 0 Å². The van der Waals surface area contributed by atoms with Gasteiger partial charge in [-0.05, 0) is 52.2 Å². The van der Waals surface area contributed by atoms with Crippen LogP contribution in [0.3, 0.4) is 0 Å². The predicted octanol–water partition coefficient (Wildman–Crippen LogP) is 11.7. The maximum Gasteiger partial charge on any atom is -0.0132 e. The molecule has 0 aliphatic rings. The first-order chi connectivity index (χ1) is 16.3. The van der Waals surface area contributed by atoms with E-state index in [9.17, 15) is 0 Å². The summed E-state index contributed by atoms with van der Waals surface area (Å²) >= 11 is 0. The largest absolute Gasteiger partial charge is 0.0776 e. The lowest BCUT2D eigenvalue weighted by atomic mass is 9.87. The van der Waals surface area contributed by atoms with Crippen LogP contribution in [0.25, 0.3) is 0 Å². The Kier molecular flexibility index (Phi) is 17.9. The maximum atomic E-state index is 2.30. The molecule has 0 heterocycles. The lowest BCUT2D eigenvalue weighted by Gasteiger charge is -2.18. The first-order valence-corrected chi connectivity index (χ1v) is 13.4. The molecule has 3 aromatic carbocycles. The normalized spacial score (nSPS) is 10.8. The summed E-state index contributed by atoms with van der Waals surface area (Å²) in [7, 11) is 0. The third-order valence-corrected chi connectivity index (χ3v) is 5.51. The zero-order valence-corrected chi connectivity index (χ0v) is 24.8. The molecule has 0 aromatic heterocycles. The minimum Gasteiger partial charge on any atom is -0.0776 e. The zero-order chi connectivity index (χ0) is 27.0. The van der Waals surface area contributed by atoms with E-state index in [0.29, 0.717) is 16.2 Å². The van der Waals surface area contributed by atoms with E-state index in [1.54, 1.807) is 0 Å². The van der Waals surface area contributed by atoms with Crippen molar-refractivity contribution in [2.75, 3.05) is 0 Å². The summed E-state index contributed by atoms with van der Waals surface area (Å²) < 4.78 is 0. The van der Waals surface area contributed by atoms with Gasteiger partial charge in [-0.2, -0.15) is 0 Å². The summed E-state index contributed by atoms with van der Waals surface area (Å²) in [5.74, 6) is 0. The van der Waals surface area contributed by atoms with Crippen LogP contribution in [0.4, 0.5) is 0 Å². The number of hydrogen-bond acceptors (Lipinski definition) is 0. The molecule has 3 rings (SSSR count). The fraction of sp³-hybridized carbons (Fsp3) is 0.500. The van der Waals surface area contributed by atoms with Gasteiger partial charge in [0.1, 0.15) is 0 Å². The summed E-state index contributed by atoms with van der Waals surface area (Å²) in [5.41, 5.74) is 5.33. The van der Waals surface area contributed by atoms with Crippen molar-refractivity contribution in [2.24, 2.45) is 5.41 Å². The SMILES string of the molecule is C.CC.CC(C)(C)CCCc1ccccc1.CC(C)(C)c1ccccc1.CC(C)(C)c1ccccc1. The van der Waals surface area contributed by atoms with Gasteiger partial charge in [-0.15, -0.1) is 0 Å². The second-order valence-electron chi connectivity index (χ2n) is 12.1. The van der Waals surface area contributed by atoms with E-state index in [2.05, 4.69) is 153 Å². The van der Waals surface area contributed by atoms with E-state index in [-0.39, 0.29) is 7.43 Å². The van der Waals surface area contributed by atoms with E-state index < -0.39 is 0 Å². The van der Waals surface area contributed by atoms with Crippen molar-refractivity contribution in [1.82, 2.24) is 0 Å². The summed E-state index contributed by atoms with van der Waals surface area (Å²) in [6.45, 7) is 24.3. The average Bonchev–Trinajstić information content (AvgIpc) is 2.81. The molecule has 0 aliphatic carbocycles. The summed E-state index contributed by atoms with van der Waals surface area (Å²) in [6.07, 6.45) is 3.83. The average molecular weight is 491 g/mol. The molecule has 0 nitrogen and oxygen atoms in total. The fourth-order valence-corrected chi connectivity index (χ4v) is 3.34. The summed E-state index contributed by atoms with van der Waals surface area (Å²) in [5, 5.41) is 0. The highest BCUT2D eigenvalue weighted by Crippen LogP contribution is 2.22. The van der Waals surface area contributed by atoms with E-state index in [4.69, 9.17) is 0 Å². The van der Waals surface area contributed by atoms with E-state index in [1.165, 1.54) is 36.0 Å². The van der Waals surface area contributed by atoms with Gasteiger partial charge in [0, 0.05) is 0 Å². The highest BCUT2D eigenvalue weighted by Gasteiger charge is 2.12. The lowest BCUT2D eigenvalue weighted by molar-refractivity contribution is 0.365. The maximum absolute atomic E-state index is 2.30. The lowest BCUT2D eigenvalue weighted by Crippen LogP contribution is -2.10. The summed E-state index contributed by atoms with van der Waals surface area (Å²) in [4.78, 5) is 0. The number of hydrogen-bond donors (Lipinski definition) is 0. The van der Waals surface area contributed by atoms with Crippen molar-refractivity contribution in [3.05, 3.63) is 108 Å². The minimum absolute atomic E-state index is 0. The number of rotatable bonds is 3. The molecule has 0 unspecified atom stereocenters. The van der Waals surface area contributed by atoms with Crippen molar-refractivity contribution in [3.63, 3.8) is 0 Å². The monoisotopic (exact) mass is 490 g/mol. The van der Waals surface area contributed by atoms with Gasteiger partial charge in [0.05, 0.1) is 0 Å². The van der Waals surface area contributed by atoms with Gasteiger partial charge < -0.3 is 0 Å². The number of benzene rings is 3. The van der Waals surface area contributed by atoms with Crippen LogP contribution in [0.2, 0.25) is 0 Å². The smallest absolute Gasteiger partial charge is 0.0132 e. The molecule has 0 atom stereocenters. The van der Waals surface area contributed by atoms with E-state index >= 15 is 0 Å². The first-order valence-electron chi connectivity index (χ1n) is 13.4. The van der Waals surface area contributed by atoms with Crippen molar-refractivity contribution >= 4 is 0 Å². The second-order valence-corrected chi connectivity index (χ2v) is 12.1.